The molecule has 0 saturated carbocycles. The van der Waals surface area contributed by atoms with Gasteiger partial charge in [0.1, 0.15) is 12.1 Å². The van der Waals surface area contributed by atoms with E-state index in [-0.39, 0.29) is 6.04 Å². The van der Waals surface area contributed by atoms with Gasteiger partial charge >= 0.3 is 0 Å². The summed E-state index contributed by atoms with van der Waals surface area (Å²) in [5.74, 6) is 1.87. The molecule has 10 nitrogen and oxygen atoms in total. The summed E-state index contributed by atoms with van der Waals surface area (Å²) in [6.45, 7) is 1.60. The maximum Gasteiger partial charge on any atom is 0.266 e. The first-order valence-corrected chi connectivity index (χ1v) is 8.26. The maximum atomic E-state index is 5.38. The normalized spacial score (nSPS) is 17.1. The van der Waals surface area contributed by atoms with Gasteiger partial charge in [-0.1, -0.05) is 0 Å². The largest absolute Gasteiger partial charge is 0.365 e. The van der Waals surface area contributed by atoms with Crippen LogP contribution in [0.3, 0.4) is 0 Å². The molecule has 0 spiro atoms. The predicted octanol–water partition coefficient (Wildman–Crippen LogP) is 1.49. The van der Waals surface area contributed by atoms with E-state index < -0.39 is 0 Å². The molecule has 0 radical (unpaired) electrons. The van der Waals surface area contributed by atoms with E-state index >= 15 is 0 Å². The number of H-pyrrole nitrogens is 1. The van der Waals surface area contributed by atoms with E-state index in [4.69, 9.17) is 4.52 Å². The third-order valence-electron chi connectivity index (χ3n) is 4.40. The first kappa shape index (κ1) is 14.8. The van der Waals surface area contributed by atoms with Crippen molar-refractivity contribution in [2.45, 2.75) is 12.5 Å². The Morgan fingerprint density at radius 3 is 3.08 bits per heavy atom. The number of fused-ring (bicyclic) bond motifs is 1. The molecule has 10 heteroatoms. The van der Waals surface area contributed by atoms with Crippen molar-refractivity contribution in [1.29, 1.82) is 0 Å². The Balaban J connectivity index is 1.30. The van der Waals surface area contributed by atoms with Gasteiger partial charge < -0.3 is 14.7 Å². The van der Waals surface area contributed by atoms with Crippen molar-refractivity contribution < 1.29 is 4.52 Å². The summed E-state index contributed by atoms with van der Waals surface area (Å²) >= 11 is 0. The SMILES string of the molecule is c1cc(-c2nc(N3CC[C@H](Nc4ncnc5[nH]ncc45)C3)no2)ccn1. The van der Waals surface area contributed by atoms with Crippen molar-refractivity contribution in [2.24, 2.45) is 0 Å². The fourth-order valence-corrected chi connectivity index (χ4v) is 3.09. The van der Waals surface area contributed by atoms with Crippen LogP contribution in [-0.2, 0) is 0 Å². The van der Waals surface area contributed by atoms with Crippen LogP contribution in [0.5, 0.6) is 0 Å². The number of aromatic nitrogens is 7. The van der Waals surface area contributed by atoms with Crippen LogP contribution in [0.2, 0.25) is 0 Å². The molecule has 130 valence electrons. The molecule has 5 heterocycles. The van der Waals surface area contributed by atoms with Crippen molar-refractivity contribution >= 4 is 22.8 Å². The summed E-state index contributed by atoms with van der Waals surface area (Å²) in [5.41, 5.74) is 1.58. The fraction of sp³-hybridized carbons (Fsp3) is 0.250. The number of anilines is 2. The average Bonchev–Trinajstić information content (AvgIpc) is 3.43. The first-order chi connectivity index (χ1) is 12.9. The van der Waals surface area contributed by atoms with E-state index in [0.29, 0.717) is 11.8 Å². The molecule has 1 atom stereocenters. The Bertz CT molecular complexity index is 1030. The maximum absolute atomic E-state index is 5.38. The van der Waals surface area contributed by atoms with Crippen molar-refractivity contribution in [1.82, 2.24) is 35.3 Å². The lowest BCUT2D eigenvalue weighted by molar-refractivity contribution is 0.430. The second kappa shape index (κ2) is 6.06. The van der Waals surface area contributed by atoms with Gasteiger partial charge in [0, 0.05) is 37.1 Å². The Morgan fingerprint density at radius 2 is 2.15 bits per heavy atom. The Labute approximate surface area is 147 Å². The number of pyridine rings is 1. The zero-order valence-corrected chi connectivity index (χ0v) is 13.7. The highest BCUT2D eigenvalue weighted by molar-refractivity contribution is 5.85. The molecule has 1 aliphatic heterocycles. The summed E-state index contributed by atoms with van der Waals surface area (Å²) in [6, 6.07) is 3.92. The van der Waals surface area contributed by atoms with Crippen LogP contribution >= 0.6 is 0 Å². The quantitative estimate of drug-likeness (QED) is 0.564. The molecule has 0 aliphatic carbocycles. The minimum atomic E-state index is 0.228. The average molecular weight is 349 g/mol. The van der Waals surface area contributed by atoms with Crippen LogP contribution in [0, 0.1) is 0 Å². The molecule has 0 aromatic carbocycles. The Morgan fingerprint density at radius 1 is 1.23 bits per heavy atom. The molecule has 4 aromatic heterocycles. The molecule has 0 unspecified atom stereocenters. The summed E-state index contributed by atoms with van der Waals surface area (Å²) in [7, 11) is 0. The molecular formula is C16H15N9O. The standard InChI is InChI=1S/C16H15N9O/c1-4-17-5-2-10(1)15-22-16(24-26-15)25-6-3-11(8-25)21-13-12-7-20-23-14(12)19-9-18-13/h1-2,4-5,7,9,11H,3,6,8H2,(H2,18,19,20,21,23)/t11-/m0/s1. The lowest BCUT2D eigenvalue weighted by Gasteiger charge is -2.15. The van der Waals surface area contributed by atoms with E-state index in [1.165, 1.54) is 6.33 Å². The number of aromatic amines is 1. The van der Waals surface area contributed by atoms with E-state index in [1.807, 2.05) is 12.1 Å². The van der Waals surface area contributed by atoms with Crippen LogP contribution in [0.25, 0.3) is 22.5 Å². The zero-order chi connectivity index (χ0) is 17.3. The van der Waals surface area contributed by atoms with Crippen molar-refractivity contribution in [3.63, 3.8) is 0 Å². The van der Waals surface area contributed by atoms with Crippen molar-refractivity contribution in [3.05, 3.63) is 37.1 Å². The van der Waals surface area contributed by atoms with Gasteiger partial charge in [0.15, 0.2) is 5.65 Å². The van der Waals surface area contributed by atoms with Crippen LogP contribution in [0.1, 0.15) is 6.42 Å². The second-order valence-corrected chi connectivity index (χ2v) is 6.07. The number of rotatable bonds is 4. The molecule has 0 bridgehead atoms. The van der Waals surface area contributed by atoms with Crippen LogP contribution < -0.4 is 10.2 Å². The monoisotopic (exact) mass is 349 g/mol. The molecule has 0 amide bonds. The molecule has 1 aliphatic rings. The molecule has 1 fully saturated rings. The van der Waals surface area contributed by atoms with Gasteiger partial charge in [0.2, 0.25) is 0 Å². The lowest BCUT2D eigenvalue weighted by atomic mass is 10.2. The highest BCUT2D eigenvalue weighted by Gasteiger charge is 2.27. The number of hydrogen-bond donors (Lipinski definition) is 2. The van der Waals surface area contributed by atoms with Gasteiger partial charge in [0.25, 0.3) is 11.8 Å². The predicted molar refractivity (Wildman–Crippen MR) is 93.5 cm³/mol. The summed E-state index contributed by atoms with van der Waals surface area (Å²) in [6.07, 6.45) is 7.60. The topological polar surface area (TPSA) is 122 Å². The van der Waals surface area contributed by atoms with Gasteiger partial charge in [0.05, 0.1) is 11.6 Å². The summed E-state index contributed by atoms with van der Waals surface area (Å²) in [5, 5.41) is 15.3. The first-order valence-electron chi connectivity index (χ1n) is 8.26. The minimum Gasteiger partial charge on any atom is -0.365 e. The molecule has 2 N–H and O–H groups in total. The van der Waals surface area contributed by atoms with E-state index in [1.54, 1.807) is 18.6 Å². The number of nitrogens with zero attached hydrogens (tertiary/aromatic N) is 7. The summed E-state index contributed by atoms with van der Waals surface area (Å²) < 4.78 is 5.38. The van der Waals surface area contributed by atoms with Gasteiger partial charge in [-0.05, 0) is 23.7 Å². The number of hydrogen-bond acceptors (Lipinski definition) is 9. The molecule has 26 heavy (non-hydrogen) atoms. The smallest absolute Gasteiger partial charge is 0.266 e. The van der Waals surface area contributed by atoms with Crippen LogP contribution in [0.15, 0.2) is 41.6 Å². The Hall–Kier alpha value is -3.56. The van der Waals surface area contributed by atoms with Crippen molar-refractivity contribution in [3.8, 4) is 11.5 Å². The van der Waals surface area contributed by atoms with Crippen molar-refractivity contribution in [2.75, 3.05) is 23.3 Å². The molecule has 4 aromatic rings. The molecule has 1 saturated heterocycles. The highest BCUT2D eigenvalue weighted by Crippen LogP contribution is 2.24. The third-order valence-corrected chi connectivity index (χ3v) is 4.40. The van der Waals surface area contributed by atoms with E-state index in [2.05, 4.69) is 45.5 Å². The number of nitrogens with one attached hydrogen (secondary N) is 2. The molecular weight excluding hydrogens is 334 g/mol. The zero-order valence-electron chi connectivity index (χ0n) is 13.7. The van der Waals surface area contributed by atoms with Crippen LogP contribution in [-0.4, -0.2) is 54.4 Å². The second-order valence-electron chi connectivity index (χ2n) is 6.07. The van der Waals surface area contributed by atoms with Gasteiger partial charge in [-0.3, -0.25) is 10.1 Å². The highest BCUT2D eigenvalue weighted by atomic mass is 16.5. The van der Waals surface area contributed by atoms with Gasteiger partial charge in [-0.15, -0.1) is 0 Å². The summed E-state index contributed by atoms with van der Waals surface area (Å²) in [4.78, 5) is 19.1. The Kier molecular flexibility index (Phi) is 3.44. The third kappa shape index (κ3) is 2.61. The van der Waals surface area contributed by atoms with E-state index in [9.17, 15) is 0 Å². The van der Waals surface area contributed by atoms with Gasteiger partial charge in [-0.2, -0.15) is 10.1 Å². The minimum absolute atomic E-state index is 0.228. The fourth-order valence-electron chi connectivity index (χ4n) is 3.09. The van der Waals surface area contributed by atoms with Crippen LogP contribution in [0.4, 0.5) is 11.8 Å². The van der Waals surface area contributed by atoms with E-state index in [0.717, 1.165) is 41.9 Å². The van der Waals surface area contributed by atoms with Gasteiger partial charge in [-0.25, -0.2) is 9.97 Å². The lowest BCUT2D eigenvalue weighted by Crippen LogP contribution is -2.27. The molecule has 5 rings (SSSR count).